The van der Waals surface area contributed by atoms with Crippen molar-refractivity contribution in [2.45, 2.75) is 6.42 Å². The zero-order chi connectivity index (χ0) is 13.0. The molecule has 0 bridgehead atoms. The summed E-state index contributed by atoms with van der Waals surface area (Å²) in [7, 11) is 0. The van der Waals surface area contributed by atoms with E-state index in [4.69, 9.17) is 5.21 Å². The van der Waals surface area contributed by atoms with Crippen LogP contribution in [0, 0.1) is 0 Å². The van der Waals surface area contributed by atoms with Crippen LogP contribution in [0.5, 0.6) is 0 Å². The minimum atomic E-state index is -0.743. The van der Waals surface area contributed by atoms with Gasteiger partial charge in [-0.25, -0.2) is 5.48 Å². The molecule has 0 aliphatic heterocycles. The fourth-order valence-electron chi connectivity index (χ4n) is 1.71. The van der Waals surface area contributed by atoms with E-state index in [9.17, 15) is 9.59 Å². The Bertz CT molecular complexity index is 590. The maximum absolute atomic E-state index is 11.5. The molecule has 0 atom stereocenters. The topological polar surface area (TPSA) is 78.4 Å². The lowest BCUT2D eigenvalue weighted by atomic mass is 10.1. The third-order valence-electron chi connectivity index (χ3n) is 2.51. The second kappa shape index (κ2) is 5.29. The van der Waals surface area contributed by atoms with Crippen molar-refractivity contribution < 1.29 is 14.8 Å². The van der Waals surface area contributed by atoms with Gasteiger partial charge in [-0.1, -0.05) is 36.4 Å². The van der Waals surface area contributed by atoms with Gasteiger partial charge >= 0.3 is 0 Å². The Balaban J connectivity index is 2.21. The van der Waals surface area contributed by atoms with Crippen molar-refractivity contribution in [1.82, 2.24) is 5.48 Å². The quantitative estimate of drug-likeness (QED) is 0.436. The summed E-state index contributed by atoms with van der Waals surface area (Å²) in [6.45, 7) is 0. The van der Waals surface area contributed by atoms with Crippen molar-refractivity contribution in [3.05, 3.63) is 42.5 Å². The van der Waals surface area contributed by atoms with E-state index in [2.05, 4.69) is 5.32 Å². The van der Waals surface area contributed by atoms with E-state index in [1.54, 1.807) is 6.07 Å². The van der Waals surface area contributed by atoms with Crippen LogP contribution in [-0.4, -0.2) is 17.0 Å². The molecule has 0 unspecified atom stereocenters. The molecule has 0 fully saturated rings. The third kappa shape index (κ3) is 2.64. The Morgan fingerprint density at radius 2 is 1.72 bits per heavy atom. The Hall–Kier alpha value is -2.40. The van der Waals surface area contributed by atoms with Gasteiger partial charge in [-0.15, -0.1) is 0 Å². The predicted molar refractivity (Wildman–Crippen MR) is 67.1 cm³/mol. The number of hydrogen-bond acceptors (Lipinski definition) is 3. The molecule has 2 rings (SSSR count). The molecule has 0 saturated carbocycles. The van der Waals surface area contributed by atoms with E-state index >= 15 is 0 Å². The highest BCUT2D eigenvalue weighted by Gasteiger charge is 2.09. The third-order valence-corrected chi connectivity index (χ3v) is 2.51. The van der Waals surface area contributed by atoms with Crippen LogP contribution in [0.1, 0.15) is 6.42 Å². The van der Waals surface area contributed by atoms with Gasteiger partial charge in [0.2, 0.25) is 5.91 Å². The van der Waals surface area contributed by atoms with Crippen LogP contribution in [-0.2, 0) is 9.59 Å². The van der Waals surface area contributed by atoms with E-state index in [-0.39, 0.29) is 0 Å². The smallest absolute Gasteiger partial charge is 0.252 e. The zero-order valence-corrected chi connectivity index (χ0v) is 9.51. The molecular weight excluding hydrogens is 232 g/mol. The lowest BCUT2D eigenvalue weighted by Crippen LogP contribution is -2.25. The molecule has 0 spiro atoms. The van der Waals surface area contributed by atoms with E-state index < -0.39 is 18.2 Å². The second-order valence-corrected chi connectivity index (χ2v) is 3.79. The molecule has 0 heterocycles. The highest BCUT2D eigenvalue weighted by molar-refractivity contribution is 6.07. The molecule has 92 valence electrons. The van der Waals surface area contributed by atoms with Crippen LogP contribution in [0.15, 0.2) is 42.5 Å². The number of hydroxylamine groups is 1. The average Bonchev–Trinajstić information content (AvgIpc) is 2.39. The molecule has 2 aromatic rings. The normalized spacial score (nSPS) is 10.1. The Labute approximate surface area is 103 Å². The molecule has 0 saturated heterocycles. The van der Waals surface area contributed by atoms with Gasteiger partial charge in [0.05, 0.1) is 0 Å². The zero-order valence-electron chi connectivity index (χ0n) is 9.51. The summed E-state index contributed by atoms with van der Waals surface area (Å²) in [4.78, 5) is 22.4. The Morgan fingerprint density at radius 3 is 2.50 bits per heavy atom. The summed E-state index contributed by atoms with van der Waals surface area (Å²) in [5, 5.41) is 12.9. The van der Waals surface area contributed by atoms with Crippen LogP contribution in [0.4, 0.5) is 5.69 Å². The van der Waals surface area contributed by atoms with E-state index in [1.807, 2.05) is 36.4 Å². The molecule has 0 radical (unpaired) electrons. The van der Waals surface area contributed by atoms with Crippen molar-refractivity contribution in [2.75, 3.05) is 5.32 Å². The lowest BCUT2D eigenvalue weighted by molar-refractivity contribution is -0.132. The number of carbonyl (C=O) groups excluding carboxylic acids is 2. The standard InChI is InChI=1S/C13H12N2O3/c16-12(8-13(17)15-18)14-11-7-3-5-9-4-1-2-6-10(9)11/h1-7,18H,8H2,(H,14,16)(H,15,17). The van der Waals surface area contributed by atoms with Crippen LogP contribution in [0.3, 0.4) is 0 Å². The fraction of sp³-hybridized carbons (Fsp3) is 0.0769. The summed E-state index contributed by atoms with van der Waals surface area (Å²) in [6.07, 6.45) is -0.417. The van der Waals surface area contributed by atoms with Gasteiger partial charge in [0.1, 0.15) is 6.42 Å². The average molecular weight is 244 g/mol. The number of hydrogen-bond donors (Lipinski definition) is 3. The maximum atomic E-state index is 11.5. The SMILES string of the molecule is O=C(CC(=O)Nc1cccc2ccccc12)NO. The first kappa shape index (κ1) is 12.1. The molecule has 2 amide bonds. The number of anilines is 1. The number of fused-ring (bicyclic) bond motifs is 1. The summed E-state index contributed by atoms with van der Waals surface area (Å²) in [5.74, 6) is -1.22. The van der Waals surface area contributed by atoms with E-state index in [0.717, 1.165) is 10.8 Å². The van der Waals surface area contributed by atoms with Gasteiger partial charge in [-0.3, -0.25) is 14.8 Å². The van der Waals surface area contributed by atoms with E-state index in [0.29, 0.717) is 5.69 Å². The molecule has 3 N–H and O–H groups in total. The molecule has 18 heavy (non-hydrogen) atoms. The molecule has 5 nitrogen and oxygen atoms in total. The molecule has 5 heteroatoms. The van der Waals surface area contributed by atoms with Crippen LogP contribution >= 0.6 is 0 Å². The molecule has 0 aromatic heterocycles. The highest BCUT2D eigenvalue weighted by Crippen LogP contribution is 2.22. The highest BCUT2D eigenvalue weighted by atomic mass is 16.5. The summed E-state index contributed by atoms with van der Waals surface area (Å²) < 4.78 is 0. The van der Waals surface area contributed by atoms with Crippen molar-refractivity contribution in [1.29, 1.82) is 0 Å². The fourth-order valence-corrected chi connectivity index (χ4v) is 1.71. The Kier molecular flexibility index (Phi) is 3.54. The van der Waals surface area contributed by atoms with Crippen molar-refractivity contribution in [3.8, 4) is 0 Å². The summed E-state index contributed by atoms with van der Waals surface area (Å²) in [5.41, 5.74) is 2.06. The monoisotopic (exact) mass is 244 g/mol. The van der Waals surface area contributed by atoms with Crippen molar-refractivity contribution in [2.24, 2.45) is 0 Å². The van der Waals surface area contributed by atoms with Gasteiger partial charge in [-0.05, 0) is 11.5 Å². The number of rotatable bonds is 3. The van der Waals surface area contributed by atoms with Crippen LogP contribution < -0.4 is 10.8 Å². The first-order valence-electron chi connectivity index (χ1n) is 5.41. The summed E-state index contributed by atoms with van der Waals surface area (Å²) in [6, 6.07) is 13.1. The van der Waals surface area contributed by atoms with Gasteiger partial charge in [0.15, 0.2) is 0 Å². The van der Waals surface area contributed by atoms with Gasteiger partial charge in [0, 0.05) is 11.1 Å². The second-order valence-electron chi connectivity index (χ2n) is 3.79. The molecule has 2 aromatic carbocycles. The van der Waals surface area contributed by atoms with E-state index in [1.165, 1.54) is 5.48 Å². The van der Waals surface area contributed by atoms with Crippen LogP contribution in [0.2, 0.25) is 0 Å². The number of carbonyl (C=O) groups is 2. The number of benzene rings is 2. The minimum Gasteiger partial charge on any atom is -0.325 e. The van der Waals surface area contributed by atoms with Crippen LogP contribution in [0.25, 0.3) is 10.8 Å². The molecule has 0 aliphatic rings. The number of nitrogens with one attached hydrogen (secondary N) is 2. The van der Waals surface area contributed by atoms with Gasteiger partial charge < -0.3 is 5.32 Å². The first-order chi connectivity index (χ1) is 8.70. The largest absolute Gasteiger partial charge is 0.325 e. The lowest BCUT2D eigenvalue weighted by Gasteiger charge is -2.08. The minimum absolute atomic E-state index is 0.417. The molecule has 0 aliphatic carbocycles. The first-order valence-corrected chi connectivity index (χ1v) is 5.41. The van der Waals surface area contributed by atoms with Gasteiger partial charge in [0.25, 0.3) is 5.91 Å². The molecular formula is C13H12N2O3. The maximum Gasteiger partial charge on any atom is 0.252 e. The van der Waals surface area contributed by atoms with Gasteiger partial charge in [-0.2, -0.15) is 0 Å². The Morgan fingerprint density at radius 1 is 1.00 bits per heavy atom. The van der Waals surface area contributed by atoms with Crippen molar-refractivity contribution >= 4 is 28.3 Å². The van der Waals surface area contributed by atoms with Crippen molar-refractivity contribution in [3.63, 3.8) is 0 Å². The predicted octanol–water partition coefficient (Wildman–Crippen LogP) is 1.67. The summed E-state index contributed by atoms with van der Waals surface area (Å²) >= 11 is 0. The number of amides is 2.